The molecule has 0 radical (unpaired) electrons. The molecular formula is C14H19NO3. The van der Waals surface area contributed by atoms with Crippen LogP contribution in [0.4, 0.5) is 5.69 Å². The second kappa shape index (κ2) is 8.28. The molecule has 4 heteroatoms. The van der Waals surface area contributed by atoms with E-state index in [1.54, 1.807) is 7.11 Å². The molecule has 0 aliphatic heterocycles. The Hall–Kier alpha value is -1.84. The van der Waals surface area contributed by atoms with Gasteiger partial charge in [-0.05, 0) is 44.0 Å². The fourth-order valence-electron chi connectivity index (χ4n) is 1.41. The number of unbranched alkanes of at least 4 members (excludes halogenated alkanes) is 1. The van der Waals surface area contributed by atoms with Crippen LogP contribution in [-0.2, 0) is 9.53 Å². The maximum Gasteiger partial charge on any atom is 0.305 e. The maximum atomic E-state index is 11.1. The number of carbonyl (C=O) groups is 1. The summed E-state index contributed by atoms with van der Waals surface area (Å²) in [6, 6.07) is 7.51. The highest BCUT2D eigenvalue weighted by Crippen LogP contribution is 2.17. The van der Waals surface area contributed by atoms with E-state index in [9.17, 15) is 4.79 Å². The third-order valence-electron chi connectivity index (χ3n) is 2.33. The molecule has 0 N–H and O–H groups in total. The fraction of sp³-hybridized carbons (Fsp3) is 0.429. The Kier molecular flexibility index (Phi) is 6.54. The Morgan fingerprint density at radius 3 is 2.67 bits per heavy atom. The molecule has 1 rings (SSSR count). The van der Waals surface area contributed by atoms with E-state index in [2.05, 4.69) is 4.99 Å². The molecular weight excluding hydrogens is 230 g/mol. The van der Waals surface area contributed by atoms with Gasteiger partial charge in [-0.15, -0.1) is 0 Å². The zero-order valence-electron chi connectivity index (χ0n) is 10.9. The molecule has 1 aromatic carbocycles. The van der Waals surface area contributed by atoms with Crippen LogP contribution in [0.2, 0.25) is 0 Å². The lowest BCUT2D eigenvalue weighted by molar-refractivity contribution is -0.143. The van der Waals surface area contributed by atoms with Gasteiger partial charge in [-0.2, -0.15) is 0 Å². The third kappa shape index (κ3) is 5.48. The van der Waals surface area contributed by atoms with Gasteiger partial charge < -0.3 is 9.47 Å². The quantitative estimate of drug-likeness (QED) is 0.424. The molecule has 0 bridgehead atoms. The monoisotopic (exact) mass is 249 g/mol. The summed E-state index contributed by atoms with van der Waals surface area (Å²) in [5, 5.41) is 0. The second-order valence-corrected chi connectivity index (χ2v) is 3.71. The van der Waals surface area contributed by atoms with Crippen LogP contribution in [0.1, 0.15) is 26.2 Å². The molecule has 0 aliphatic rings. The molecule has 0 amide bonds. The number of esters is 1. The summed E-state index contributed by atoms with van der Waals surface area (Å²) in [4.78, 5) is 15.4. The summed E-state index contributed by atoms with van der Waals surface area (Å²) in [5.41, 5.74) is 0.881. The average molecular weight is 249 g/mol. The minimum absolute atomic E-state index is 0.143. The Morgan fingerprint density at radius 1 is 1.33 bits per heavy atom. The predicted molar refractivity (Wildman–Crippen MR) is 71.6 cm³/mol. The van der Waals surface area contributed by atoms with E-state index in [1.165, 1.54) is 0 Å². The van der Waals surface area contributed by atoms with Gasteiger partial charge in [0.1, 0.15) is 5.75 Å². The van der Waals surface area contributed by atoms with Crippen molar-refractivity contribution in [2.24, 2.45) is 4.99 Å². The fourth-order valence-corrected chi connectivity index (χ4v) is 1.41. The number of benzene rings is 1. The van der Waals surface area contributed by atoms with E-state index in [4.69, 9.17) is 9.47 Å². The number of aliphatic imine (C=N–C) groups is 1. The van der Waals surface area contributed by atoms with E-state index >= 15 is 0 Å². The lowest BCUT2D eigenvalue weighted by atomic mass is 10.2. The van der Waals surface area contributed by atoms with Crippen molar-refractivity contribution in [2.45, 2.75) is 26.2 Å². The van der Waals surface area contributed by atoms with Crippen molar-refractivity contribution < 1.29 is 14.3 Å². The minimum Gasteiger partial charge on any atom is -0.497 e. The molecule has 0 unspecified atom stereocenters. The largest absolute Gasteiger partial charge is 0.497 e. The van der Waals surface area contributed by atoms with E-state index in [1.807, 2.05) is 37.4 Å². The van der Waals surface area contributed by atoms with Crippen LogP contribution in [0.3, 0.4) is 0 Å². The predicted octanol–water partition coefficient (Wildman–Crippen LogP) is 3.13. The summed E-state index contributed by atoms with van der Waals surface area (Å²) in [6.07, 6.45) is 3.80. The van der Waals surface area contributed by atoms with Crippen LogP contribution in [0.25, 0.3) is 0 Å². The van der Waals surface area contributed by atoms with Gasteiger partial charge in [0.15, 0.2) is 0 Å². The summed E-state index contributed by atoms with van der Waals surface area (Å²) < 4.78 is 9.89. The minimum atomic E-state index is -0.143. The van der Waals surface area contributed by atoms with E-state index in [-0.39, 0.29) is 5.97 Å². The highest BCUT2D eigenvalue weighted by atomic mass is 16.5. The number of hydrogen-bond acceptors (Lipinski definition) is 4. The van der Waals surface area contributed by atoms with Crippen LogP contribution < -0.4 is 4.74 Å². The van der Waals surface area contributed by atoms with Crippen molar-refractivity contribution in [3.8, 4) is 5.75 Å². The Morgan fingerprint density at radius 2 is 2.06 bits per heavy atom. The molecule has 0 saturated carbocycles. The van der Waals surface area contributed by atoms with Crippen molar-refractivity contribution in [3.05, 3.63) is 24.3 Å². The molecule has 0 aromatic heterocycles. The van der Waals surface area contributed by atoms with Crippen molar-refractivity contribution in [2.75, 3.05) is 13.7 Å². The van der Waals surface area contributed by atoms with Gasteiger partial charge in [-0.25, -0.2) is 0 Å². The van der Waals surface area contributed by atoms with Crippen LogP contribution in [-0.4, -0.2) is 25.9 Å². The van der Waals surface area contributed by atoms with E-state index in [0.29, 0.717) is 13.0 Å². The Bertz CT molecular complexity index is 385. The normalized spacial score (nSPS) is 10.6. The molecule has 0 heterocycles. The highest BCUT2D eigenvalue weighted by Gasteiger charge is 1.99. The van der Waals surface area contributed by atoms with Crippen LogP contribution in [0.5, 0.6) is 5.75 Å². The van der Waals surface area contributed by atoms with Crippen LogP contribution in [0, 0.1) is 0 Å². The van der Waals surface area contributed by atoms with Crippen molar-refractivity contribution in [1.82, 2.24) is 0 Å². The average Bonchev–Trinajstić information content (AvgIpc) is 2.39. The van der Waals surface area contributed by atoms with Gasteiger partial charge in [0.2, 0.25) is 0 Å². The molecule has 98 valence electrons. The maximum absolute atomic E-state index is 11.1. The summed E-state index contributed by atoms with van der Waals surface area (Å²) in [7, 11) is 1.63. The number of ether oxygens (including phenoxy) is 2. The van der Waals surface area contributed by atoms with Crippen molar-refractivity contribution in [3.63, 3.8) is 0 Å². The number of carbonyl (C=O) groups excluding carboxylic acids is 1. The van der Waals surface area contributed by atoms with Gasteiger partial charge in [0.05, 0.1) is 19.4 Å². The molecule has 0 atom stereocenters. The number of methoxy groups -OCH3 is 1. The van der Waals surface area contributed by atoms with Gasteiger partial charge >= 0.3 is 5.97 Å². The number of nitrogens with zero attached hydrogens (tertiary/aromatic N) is 1. The lowest BCUT2D eigenvalue weighted by Crippen LogP contribution is -2.03. The molecule has 1 aromatic rings. The van der Waals surface area contributed by atoms with Gasteiger partial charge in [0, 0.05) is 12.6 Å². The molecule has 0 saturated heterocycles. The second-order valence-electron chi connectivity index (χ2n) is 3.71. The van der Waals surface area contributed by atoms with Gasteiger partial charge in [0.25, 0.3) is 0 Å². The summed E-state index contributed by atoms with van der Waals surface area (Å²) >= 11 is 0. The summed E-state index contributed by atoms with van der Waals surface area (Å²) in [5.74, 6) is 0.673. The van der Waals surface area contributed by atoms with Crippen molar-refractivity contribution >= 4 is 17.9 Å². The first-order chi connectivity index (χ1) is 8.76. The third-order valence-corrected chi connectivity index (χ3v) is 2.33. The number of hydrogen-bond donors (Lipinski definition) is 0. The molecule has 18 heavy (non-hydrogen) atoms. The molecule has 0 fully saturated rings. The highest BCUT2D eigenvalue weighted by molar-refractivity contribution is 5.70. The zero-order valence-corrected chi connectivity index (χ0v) is 10.9. The molecule has 0 aliphatic carbocycles. The zero-order chi connectivity index (χ0) is 13.2. The van der Waals surface area contributed by atoms with Crippen LogP contribution in [0.15, 0.2) is 29.3 Å². The van der Waals surface area contributed by atoms with Crippen LogP contribution >= 0.6 is 0 Å². The Labute approximate surface area is 108 Å². The van der Waals surface area contributed by atoms with E-state index < -0.39 is 0 Å². The van der Waals surface area contributed by atoms with Gasteiger partial charge in [-0.1, -0.05) is 0 Å². The SMILES string of the molecule is CCOC(=O)CCCC=Nc1ccc(OC)cc1. The van der Waals surface area contributed by atoms with Gasteiger partial charge in [-0.3, -0.25) is 9.79 Å². The molecule has 0 spiro atoms. The van der Waals surface area contributed by atoms with Crippen molar-refractivity contribution in [1.29, 1.82) is 0 Å². The standard InChI is InChI=1S/C14H19NO3/c1-3-18-14(16)6-4-5-11-15-12-7-9-13(17-2)10-8-12/h7-11H,3-6H2,1-2H3. The smallest absolute Gasteiger partial charge is 0.305 e. The lowest BCUT2D eigenvalue weighted by Gasteiger charge is -2.00. The molecule has 4 nitrogen and oxygen atoms in total. The van der Waals surface area contributed by atoms with E-state index in [0.717, 1.165) is 24.3 Å². The first kappa shape index (κ1) is 14.2. The Balaban J connectivity index is 2.25. The first-order valence-corrected chi connectivity index (χ1v) is 6.08. The first-order valence-electron chi connectivity index (χ1n) is 6.08. The summed E-state index contributed by atoms with van der Waals surface area (Å²) in [6.45, 7) is 2.25. The number of rotatable bonds is 7. The topological polar surface area (TPSA) is 47.9 Å².